The Morgan fingerprint density at radius 3 is 2.67 bits per heavy atom. The predicted octanol–water partition coefficient (Wildman–Crippen LogP) is 1.95. The maximum atomic E-state index is 11.8. The third kappa shape index (κ3) is 2.34. The van der Waals surface area contributed by atoms with Gasteiger partial charge in [-0.3, -0.25) is 9.78 Å². The van der Waals surface area contributed by atoms with Gasteiger partial charge in [0.2, 0.25) is 0 Å². The fraction of sp³-hybridized carbons (Fsp3) is 0.0909. The highest BCUT2D eigenvalue weighted by molar-refractivity contribution is 9.10. The quantitative estimate of drug-likeness (QED) is 0.856. The largest absolute Gasteiger partial charge is 0.495 e. The molecule has 0 bridgehead atoms. The molecule has 0 amide bonds. The zero-order valence-corrected chi connectivity index (χ0v) is 11.6. The minimum Gasteiger partial charge on any atom is -0.495 e. The topological polar surface area (TPSA) is 64.1 Å². The Kier molecular flexibility index (Phi) is 3.58. The Balaban J connectivity index is 2.81. The van der Waals surface area contributed by atoms with Gasteiger partial charge in [-0.1, -0.05) is 27.5 Å². The third-order valence-corrected chi connectivity index (χ3v) is 2.98. The lowest BCUT2D eigenvalue weighted by Crippen LogP contribution is -2.33. The van der Waals surface area contributed by atoms with E-state index in [0.717, 1.165) is 15.1 Å². The Morgan fingerprint density at radius 2 is 2.06 bits per heavy atom. The molecule has 1 N–H and O–H groups in total. The van der Waals surface area contributed by atoms with E-state index < -0.39 is 11.2 Å². The van der Waals surface area contributed by atoms with Gasteiger partial charge in [-0.2, -0.15) is 0 Å². The van der Waals surface area contributed by atoms with Gasteiger partial charge in [0.25, 0.3) is 5.56 Å². The van der Waals surface area contributed by atoms with Crippen molar-refractivity contribution in [3.63, 3.8) is 0 Å². The lowest BCUT2D eigenvalue weighted by Gasteiger charge is -2.10. The van der Waals surface area contributed by atoms with Crippen molar-refractivity contribution in [2.75, 3.05) is 7.11 Å². The number of aromatic amines is 1. The average Bonchev–Trinajstić information content (AvgIpc) is 2.28. The molecule has 0 unspecified atom stereocenters. The number of H-pyrrole nitrogens is 1. The van der Waals surface area contributed by atoms with Crippen LogP contribution >= 0.6 is 27.5 Å². The number of nitrogens with zero attached hydrogens (tertiary/aromatic N) is 1. The highest BCUT2D eigenvalue weighted by atomic mass is 79.9. The van der Waals surface area contributed by atoms with Crippen LogP contribution in [0.5, 0.6) is 5.75 Å². The molecule has 7 heteroatoms. The van der Waals surface area contributed by atoms with Crippen molar-refractivity contribution in [1.29, 1.82) is 0 Å². The number of rotatable bonds is 2. The molecule has 94 valence electrons. The van der Waals surface area contributed by atoms with E-state index >= 15 is 0 Å². The van der Waals surface area contributed by atoms with Crippen molar-refractivity contribution in [2.45, 2.75) is 0 Å². The molecule has 0 radical (unpaired) electrons. The summed E-state index contributed by atoms with van der Waals surface area (Å²) < 4.78 is 6.80. The molecule has 0 aliphatic carbocycles. The van der Waals surface area contributed by atoms with Crippen molar-refractivity contribution < 1.29 is 4.74 Å². The standard InChI is InChI=1S/C11H8BrClN2O3/c1-18-8-3-2-6(12)4-7(8)15-10(16)5-9(13)14-11(15)17/h2-5H,1H3,(H,14,17). The molecule has 5 nitrogen and oxygen atoms in total. The number of aromatic nitrogens is 2. The number of hydrogen-bond donors (Lipinski definition) is 1. The highest BCUT2D eigenvalue weighted by Crippen LogP contribution is 2.24. The summed E-state index contributed by atoms with van der Waals surface area (Å²) in [4.78, 5) is 26.0. The van der Waals surface area contributed by atoms with E-state index in [2.05, 4.69) is 20.9 Å². The van der Waals surface area contributed by atoms with Gasteiger partial charge >= 0.3 is 5.69 Å². The van der Waals surface area contributed by atoms with Gasteiger partial charge in [0.15, 0.2) is 0 Å². The molecule has 0 saturated heterocycles. The highest BCUT2D eigenvalue weighted by Gasteiger charge is 2.11. The number of hydrogen-bond acceptors (Lipinski definition) is 3. The molecule has 0 atom stereocenters. The molecule has 0 aliphatic rings. The van der Waals surface area contributed by atoms with Gasteiger partial charge in [0.1, 0.15) is 10.9 Å². The van der Waals surface area contributed by atoms with Crippen LogP contribution in [0.3, 0.4) is 0 Å². The van der Waals surface area contributed by atoms with Crippen LogP contribution in [-0.2, 0) is 0 Å². The third-order valence-electron chi connectivity index (χ3n) is 2.28. The second kappa shape index (κ2) is 4.99. The van der Waals surface area contributed by atoms with Crippen molar-refractivity contribution in [2.24, 2.45) is 0 Å². The second-order valence-electron chi connectivity index (χ2n) is 3.41. The van der Waals surface area contributed by atoms with Gasteiger partial charge in [0.05, 0.1) is 12.8 Å². The first-order valence-electron chi connectivity index (χ1n) is 4.88. The smallest absolute Gasteiger partial charge is 0.334 e. The summed E-state index contributed by atoms with van der Waals surface area (Å²) in [7, 11) is 1.46. The minimum absolute atomic E-state index is 0.00443. The molecule has 0 aliphatic heterocycles. The molecule has 2 rings (SSSR count). The van der Waals surface area contributed by atoms with E-state index in [1.165, 1.54) is 7.11 Å². The summed E-state index contributed by atoms with van der Waals surface area (Å²) in [6.45, 7) is 0. The Hall–Kier alpha value is -1.53. The van der Waals surface area contributed by atoms with E-state index in [1.54, 1.807) is 18.2 Å². The number of halogens is 2. The zero-order valence-electron chi connectivity index (χ0n) is 9.24. The maximum Gasteiger partial charge on any atom is 0.334 e. The first-order valence-corrected chi connectivity index (χ1v) is 6.06. The average molecular weight is 332 g/mol. The molecule has 1 heterocycles. The van der Waals surface area contributed by atoms with Crippen LogP contribution in [0.15, 0.2) is 38.3 Å². The zero-order chi connectivity index (χ0) is 13.3. The maximum absolute atomic E-state index is 11.8. The van der Waals surface area contributed by atoms with Gasteiger partial charge < -0.3 is 4.74 Å². The molecule has 0 spiro atoms. The normalized spacial score (nSPS) is 10.4. The van der Waals surface area contributed by atoms with Crippen molar-refractivity contribution in [1.82, 2.24) is 9.55 Å². The lowest BCUT2D eigenvalue weighted by atomic mass is 10.3. The van der Waals surface area contributed by atoms with Crippen molar-refractivity contribution >= 4 is 27.5 Å². The fourth-order valence-corrected chi connectivity index (χ4v) is 2.06. The van der Waals surface area contributed by atoms with E-state index in [9.17, 15) is 9.59 Å². The molecule has 2 aromatic rings. The molecular weight excluding hydrogens is 323 g/mol. The molecular formula is C11H8BrClN2O3. The predicted molar refractivity (Wildman–Crippen MR) is 71.9 cm³/mol. The molecule has 18 heavy (non-hydrogen) atoms. The van der Waals surface area contributed by atoms with E-state index in [0.29, 0.717) is 11.4 Å². The molecule has 0 fully saturated rings. The lowest BCUT2D eigenvalue weighted by molar-refractivity contribution is 0.412. The summed E-state index contributed by atoms with van der Waals surface area (Å²) in [5.41, 5.74) is -0.807. The number of nitrogens with one attached hydrogen (secondary N) is 1. The molecule has 1 aromatic carbocycles. The first kappa shape index (κ1) is 12.9. The summed E-state index contributed by atoms with van der Waals surface area (Å²) in [5, 5.41) is -0.00443. The molecule has 1 aromatic heterocycles. The van der Waals surface area contributed by atoms with Gasteiger partial charge in [-0.05, 0) is 18.2 Å². The minimum atomic E-state index is -0.621. The Labute approximate surface area is 115 Å². The van der Waals surface area contributed by atoms with Gasteiger partial charge in [-0.15, -0.1) is 0 Å². The molecule has 0 saturated carbocycles. The fourth-order valence-electron chi connectivity index (χ4n) is 1.53. The summed E-state index contributed by atoms with van der Waals surface area (Å²) >= 11 is 8.88. The van der Waals surface area contributed by atoms with Crippen LogP contribution in [-0.4, -0.2) is 16.7 Å². The number of methoxy groups -OCH3 is 1. The van der Waals surface area contributed by atoms with Crippen LogP contribution in [0.1, 0.15) is 0 Å². The Bertz CT molecular complexity index is 677. The first-order chi connectivity index (χ1) is 8.52. The van der Waals surface area contributed by atoms with Gasteiger partial charge in [0, 0.05) is 10.5 Å². The van der Waals surface area contributed by atoms with Crippen LogP contribution in [0, 0.1) is 0 Å². The van der Waals surface area contributed by atoms with Crippen LogP contribution in [0.2, 0.25) is 5.15 Å². The number of benzene rings is 1. The van der Waals surface area contributed by atoms with Gasteiger partial charge in [-0.25, -0.2) is 9.36 Å². The van der Waals surface area contributed by atoms with Crippen LogP contribution < -0.4 is 16.0 Å². The SMILES string of the molecule is COc1ccc(Br)cc1-n1c(=O)cc(Cl)[nH]c1=O. The summed E-state index contributed by atoms with van der Waals surface area (Å²) in [6, 6.07) is 6.14. The van der Waals surface area contributed by atoms with Crippen molar-refractivity contribution in [3.05, 3.63) is 54.7 Å². The summed E-state index contributed by atoms with van der Waals surface area (Å²) in [5.74, 6) is 0.410. The Morgan fingerprint density at radius 1 is 1.33 bits per heavy atom. The van der Waals surface area contributed by atoms with E-state index in [-0.39, 0.29) is 5.15 Å². The number of ether oxygens (including phenoxy) is 1. The van der Waals surface area contributed by atoms with E-state index in [4.69, 9.17) is 16.3 Å². The van der Waals surface area contributed by atoms with Crippen LogP contribution in [0.25, 0.3) is 5.69 Å². The van der Waals surface area contributed by atoms with Crippen molar-refractivity contribution in [3.8, 4) is 11.4 Å². The summed E-state index contributed by atoms with van der Waals surface area (Å²) in [6.07, 6.45) is 0. The van der Waals surface area contributed by atoms with Crippen LogP contribution in [0.4, 0.5) is 0 Å². The second-order valence-corrected chi connectivity index (χ2v) is 4.74. The monoisotopic (exact) mass is 330 g/mol. The van der Waals surface area contributed by atoms with E-state index in [1.807, 2.05) is 0 Å².